The molecule has 0 saturated carbocycles. The third-order valence-corrected chi connectivity index (χ3v) is 1.48. The van der Waals surface area contributed by atoms with E-state index in [2.05, 4.69) is 15.4 Å². The fourth-order valence-electron chi connectivity index (χ4n) is 0.950. The van der Waals surface area contributed by atoms with E-state index in [1.807, 2.05) is 30.3 Å². The second kappa shape index (κ2) is 3.67. The number of aromatic nitrogens is 3. The normalized spacial score (nSPS) is 9.00. The molecular formula is C9H11N3. The van der Waals surface area contributed by atoms with E-state index in [1.54, 1.807) is 6.20 Å². The van der Waals surface area contributed by atoms with Crippen molar-refractivity contribution in [3.63, 3.8) is 0 Å². The Balaban J connectivity index is 0.000000720. The summed E-state index contributed by atoms with van der Waals surface area (Å²) >= 11 is 0. The van der Waals surface area contributed by atoms with E-state index in [1.165, 1.54) is 0 Å². The average Bonchev–Trinajstić information content (AvgIpc) is 2.58. The number of rotatable bonds is 1. The van der Waals surface area contributed by atoms with Crippen molar-refractivity contribution in [3.8, 4) is 11.3 Å². The summed E-state index contributed by atoms with van der Waals surface area (Å²) < 4.78 is 0. The molecule has 3 heteroatoms. The summed E-state index contributed by atoms with van der Waals surface area (Å²) in [5, 5.41) is 10.2. The summed E-state index contributed by atoms with van der Waals surface area (Å²) in [5.74, 6) is 0. The molecule has 0 spiro atoms. The van der Waals surface area contributed by atoms with E-state index >= 15 is 0 Å². The van der Waals surface area contributed by atoms with Gasteiger partial charge in [0.15, 0.2) is 0 Å². The van der Waals surface area contributed by atoms with Crippen LogP contribution in [-0.4, -0.2) is 15.4 Å². The summed E-state index contributed by atoms with van der Waals surface area (Å²) in [4.78, 5) is 0. The summed E-state index contributed by atoms with van der Waals surface area (Å²) in [7, 11) is 0. The van der Waals surface area contributed by atoms with Crippen LogP contribution in [0.5, 0.6) is 0 Å². The lowest BCUT2D eigenvalue weighted by Gasteiger charge is -1.90. The number of H-pyrrole nitrogens is 1. The average molecular weight is 161 g/mol. The van der Waals surface area contributed by atoms with Crippen molar-refractivity contribution in [2.45, 2.75) is 7.43 Å². The van der Waals surface area contributed by atoms with Crippen LogP contribution in [0.15, 0.2) is 36.5 Å². The SMILES string of the molecule is C.c1ccc(-c2cn[nH]n2)cc1. The number of benzene rings is 1. The summed E-state index contributed by atoms with van der Waals surface area (Å²) in [6.45, 7) is 0. The van der Waals surface area contributed by atoms with Gasteiger partial charge in [-0.15, -0.1) is 0 Å². The van der Waals surface area contributed by atoms with Crippen LogP contribution in [0.2, 0.25) is 0 Å². The summed E-state index contributed by atoms with van der Waals surface area (Å²) in [5.41, 5.74) is 1.96. The van der Waals surface area contributed by atoms with E-state index in [-0.39, 0.29) is 7.43 Å². The molecule has 1 aromatic heterocycles. The first-order valence-electron chi connectivity index (χ1n) is 3.38. The van der Waals surface area contributed by atoms with Gasteiger partial charge < -0.3 is 0 Å². The van der Waals surface area contributed by atoms with Gasteiger partial charge in [-0.1, -0.05) is 37.8 Å². The van der Waals surface area contributed by atoms with Crippen molar-refractivity contribution < 1.29 is 0 Å². The highest BCUT2D eigenvalue weighted by Gasteiger charge is 1.96. The second-order valence-electron chi connectivity index (χ2n) is 2.22. The fourth-order valence-corrected chi connectivity index (χ4v) is 0.950. The molecule has 0 atom stereocenters. The van der Waals surface area contributed by atoms with E-state index in [0.29, 0.717) is 0 Å². The van der Waals surface area contributed by atoms with Crippen LogP contribution in [0.1, 0.15) is 7.43 Å². The number of nitrogens with zero attached hydrogens (tertiary/aromatic N) is 2. The monoisotopic (exact) mass is 161 g/mol. The first-order chi connectivity index (χ1) is 5.47. The van der Waals surface area contributed by atoms with Gasteiger partial charge in [-0.05, 0) is 0 Å². The maximum Gasteiger partial charge on any atom is 0.112 e. The molecule has 0 unspecified atom stereocenters. The molecule has 1 aromatic carbocycles. The van der Waals surface area contributed by atoms with Crippen molar-refractivity contribution in [3.05, 3.63) is 36.5 Å². The van der Waals surface area contributed by atoms with Crippen molar-refractivity contribution in [2.75, 3.05) is 0 Å². The Hall–Kier alpha value is -1.64. The van der Waals surface area contributed by atoms with Gasteiger partial charge in [0.25, 0.3) is 0 Å². The molecular weight excluding hydrogens is 150 g/mol. The summed E-state index contributed by atoms with van der Waals surface area (Å²) in [6, 6.07) is 9.92. The Morgan fingerprint density at radius 2 is 1.83 bits per heavy atom. The molecule has 0 aliphatic heterocycles. The maximum atomic E-state index is 3.95. The third-order valence-electron chi connectivity index (χ3n) is 1.48. The molecule has 0 bridgehead atoms. The van der Waals surface area contributed by atoms with Gasteiger partial charge in [0.1, 0.15) is 5.69 Å². The van der Waals surface area contributed by atoms with Crippen LogP contribution in [-0.2, 0) is 0 Å². The standard InChI is InChI=1S/C8H7N3.CH4/c1-2-4-7(5-3-1)8-6-9-11-10-8;/h1-6H,(H,9,10,11);1H4. The number of nitrogens with one attached hydrogen (secondary N) is 1. The molecule has 2 aromatic rings. The van der Waals surface area contributed by atoms with Crippen molar-refractivity contribution in [1.82, 2.24) is 15.4 Å². The molecule has 0 radical (unpaired) electrons. The Labute approximate surface area is 71.4 Å². The zero-order valence-corrected chi connectivity index (χ0v) is 5.86. The van der Waals surface area contributed by atoms with Gasteiger partial charge in [0, 0.05) is 5.56 Å². The third kappa shape index (κ3) is 1.50. The minimum atomic E-state index is 0. The Kier molecular flexibility index (Phi) is 2.58. The van der Waals surface area contributed by atoms with Crippen LogP contribution in [0, 0.1) is 0 Å². The van der Waals surface area contributed by atoms with Gasteiger partial charge in [-0.2, -0.15) is 15.4 Å². The van der Waals surface area contributed by atoms with Gasteiger partial charge >= 0.3 is 0 Å². The molecule has 3 nitrogen and oxygen atoms in total. The highest BCUT2D eigenvalue weighted by Crippen LogP contribution is 2.12. The van der Waals surface area contributed by atoms with Crippen LogP contribution in [0.25, 0.3) is 11.3 Å². The smallest absolute Gasteiger partial charge is 0.112 e. The minimum absolute atomic E-state index is 0. The van der Waals surface area contributed by atoms with Crippen LogP contribution < -0.4 is 0 Å². The number of hydrogen-bond acceptors (Lipinski definition) is 2. The molecule has 0 saturated heterocycles. The fraction of sp³-hybridized carbons (Fsp3) is 0.111. The van der Waals surface area contributed by atoms with Crippen molar-refractivity contribution >= 4 is 0 Å². The van der Waals surface area contributed by atoms with Crippen LogP contribution in [0.4, 0.5) is 0 Å². The molecule has 62 valence electrons. The molecule has 1 heterocycles. The quantitative estimate of drug-likeness (QED) is 0.696. The van der Waals surface area contributed by atoms with E-state index in [4.69, 9.17) is 0 Å². The van der Waals surface area contributed by atoms with E-state index in [9.17, 15) is 0 Å². The van der Waals surface area contributed by atoms with E-state index < -0.39 is 0 Å². The topological polar surface area (TPSA) is 41.6 Å². The highest BCUT2D eigenvalue weighted by atomic mass is 15.3. The minimum Gasteiger partial charge on any atom is -0.197 e. The number of hydrogen-bond donors (Lipinski definition) is 1. The lowest BCUT2D eigenvalue weighted by atomic mass is 10.2. The lowest BCUT2D eigenvalue weighted by Crippen LogP contribution is -1.75. The molecule has 12 heavy (non-hydrogen) atoms. The Morgan fingerprint density at radius 3 is 2.42 bits per heavy atom. The van der Waals surface area contributed by atoms with Gasteiger partial charge in [-0.25, -0.2) is 0 Å². The lowest BCUT2D eigenvalue weighted by molar-refractivity contribution is 0.942. The zero-order valence-electron chi connectivity index (χ0n) is 5.86. The van der Waals surface area contributed by atoms with Gasteiger partial charge in [-0.3, -0.25) is 0 Å². The number of aromatic amines is 1. The van der Waals surface area contributed by atoms with Gasteiger partial charge in [0.05, 0.1) is 6.20 Å². The van der Waals surface area contributed by atoms with Crippen molar-refractivity contribution in [2.24, 2.45) is 0 Å². The Bertz CT molecular complexity index is 313. The molecule has 0 fully saturated rings. The molecule has 0 aliphatic rings. The Morgan fingerprint density at radius 1 is 1.08 bits per heavy atom. The first-order valence-corrected chi connectivity index (χ1v) is 3.38. The summed E-state index contributed by atoms with van der Waals surface area (Å²) in [6.07, 6.45) is 1.70. The predicted molar refractivity (Wildman–Crippen MR) is 48.5 cm³/mol. The zero-order chi connectivity index (χ0) is 7.52. The molecule has 2 rings (SSSR count). The van der Waals surface area contributed by atoms with Gasteiger partial charge in [0.2, 0.25) is 0 Å². The molecule has 0 aliphatic carbocycles. The second-order valence-corrected chi connectivity index (χ2v) is 2.22. The first kappa shape index (κ1) is 8.46. The highest BCUT2D eigenvalue weighted by molar-refractivity contribution is 5.56. The predicted octanol–water partition coefficient (Wildman–Crippen LogP) is 2.11. The van der Waals surface area contributed by atoms with E-state index in [0.717, 1.165) is 11.3 Å². The largest absolute Gasteiger partial charge is 0.197 e. The van der Waals surface area contributed by atoms with Crippen molar-refractivity contribution in [1.29, 1.82) is 0 Å². The molecule has 1 N–H and O–H groups in total. The van der Waals surface area contributed by atoms with Crippen LogP contribution >= 0.6 is 0 Å². The molecule has 0 amide bonds. The van der Waals surface area contributed by atoms with Crippen LogP contribution in [0.3, 0.4) is 0 Å². The maximum absolute atomic E-state index is 3.95.